The molecule has 0 saturated heterocycles. The quantitative estimate of drug-likeness (QED) is 0.414. The van der Waals surface area contributed by atoms with Gasteiger partial charge in [-0.3, -0.25) is 0 Å². The fourth-order valence-corrected chi connectivity index (χ4v) is 2.50. The molecule has 7 heteroatoms. The van der Waals surface area contributed by atoms with Crippen LogP contribution >= 0.6 is 0 Å². The van der Waals surface area contributed by atoms with Gasteiger partial charge in [0.05, 0.1) is 19.0 Å². The molecule has 0 fully saturated rings. The number of hydrogen-bond acceptors (Lipinski definition) is 5. The van der Waals surface area contributed by atoms with E-state index in [9.17, 15) is 8.42 Å². The summed E-state index contributed by atoms with van der Waals surface area (Å²) in [6.07, 6.45) is 0. The van der Waals surface area contributed by atoms with Crippen molar-refractivity contribution in [3.63, 3.8) is 0 Å². The van der Waals surface area contributed by atoms with Crippen molar-refractivity contribution in [2.45, 2.75) is 6.92 Å². The van der Waals surface area contributed by atoms with Gasteiger partial charge in [-0.05, 0) is 6.54 Å². The first-order chi connectivity index (χ1) is 7.08. The third-order valence-electron chi connectivity index (χ3n) is 1.88. The Hall–Kier alpha value is -0.210. The van der Waals surface area contributed by atoms with Gasteiger partial charge >= 0.3 is 0 Å². The van der Waals surface area contributed by atoms with Gasteiger partial charge < -0.3 is 15.5 Å². The number of sulfonamides is 1. The average molecular weight is 240 g/mol. The first-order valence-electron chi connectivity index (χ1n) is 4.98. The Kier molecular flexibility index (Phi) is 7.89. The van der Waals surface area contributed by atoms with Gasteiger partial charge in [-0.2, -0.15) is 4.31 Å². The van der Waals surface area contributed by atoms with E-state index in [1.807, 2.05) is 6.92 Å². The number of aliphatic hydroxyl groups is 2. The van der Waals surface area contributed by atoms with Gasteiger partial charge in [0, 0.05) is 19.6 Å². The normalized spacial score (nSPS) is 12.3. The Morgan fingerprint density at radius 3 is 2.13 bits per heavy atom. The highest BCUT2D eigenvalue weighted by Crippen LogP contribution is 1.99. The third kappa shape index (κ3) is 6.06. The fourth-order valence-electron chi connectivity index (χ4n) is 1.12. The molecule has 0 amide bonds. The van der Waals surface area contributed by atoms with Crippen molar-refractivity contribution in [1.29, 1.82) is 0 Å². The SMILES string of the molecule is CCNCCS(=O)(=O)N(CCO)CCO. The smallest absolute Gasteiger partial charge is 0.215 e. The zero-order valence-electron chi connectivity index (χ0n) is 9.02. The van der Waals surface area contributed by atoms with Crippen molar-refractivity contribution in [1.82, 2.24) is 9.62 Å². The monoisotopic (exact) mass is 240 g/mol. The van der Waals surface area contributed by atoms with E-state index >= 15 is 0 Å². The molecule has 3 N–H and O–H groups in total. The fraction of sp³-hybridized carbons (Fsp3) is 1.00. The second-order valence-electron chi connectivity index (χ2n) is 3.02. The highest BCUT2D eigenvalue weighted by Gasteiger charge is 2.20. The Morgan fingerprint density at radius 1 is 1.20 bits per heavy atom. The summed E-state index contributed by atoms with van der Waals surface area (Å²) in [7, 11) is -3.37. The minimum absolute atomic E-state index is 0.0131. The summed E-state index contributed by atoms with van der Waals surface area (Å²) >= 11 is 0. The number of nitrogens with one attached hydrogen (secondary N) is 1. The molecule has 0 bridgehead atoms. The highest BCUT2D eigenvalue weighted by atomic mass is 32.2. The van der Waals surface area contributed by atoms with Crippen LogP contribution in [0.4, 0.5) is 0 Å². The van der Waals surface area contributed by atoms with E-state index in [0.29, 0.717) is 6.54 Å². The van der Waals surface area contributed by atoms with Gasteiger partial charge in [0.15, 0.2) is 0 Å². The lowest BCUT2D eigenvalue weighted by Crippen LogP contribution is -2.39. The van der Waals surface area contributed by atoms with Gasteiger partial charge in [-0.15, -0.1) is 0 Å². The predicted octanol–water partition coefficient (Wildman–Crippen LogP) is -1.79. The Labute approximate surface area is 91.0 Å². The summed E-state index contributed by atoms with van der Waals surface area (Å²) in [5.41, 5.74) is 0. The van der Waals surface area contributed by atoms with E-state index in [2.05, 4.69) is 5.32 Å². The third-order valence-corrected chi connectivity index (χ3v) is 3.75. The van der Waals surface area contributed by atoms with Crippen molar-refractivity contribution in [3.05, 3.63) is 0 Å². The van der Waals surface area contributed by atoms with Gasteiger partial charge in [-0.1, -0.05) is 6.92 Å². The van der Waals surface area contributed by atoms with Crippen molar-refractivity contribution < 1.29 is 18.6 Å². The lowest BCUT2D eigenvalue weighted by molar-refractivity contribution is 0.217. The molecule has 0 atom stereocenters. The molecular formula is C8H20N2O4S. The number of nitrogens with zero attached hydrogens (tertiary/aromatic N) is 1. The molecule has 0 saturated carbocycles. The van der Waals surface area contributed by atoms with Crippen LogP contribution in [0.2, 0.25) is 0 Å². The first-order valence-corrected chi connectivity index (χ1v) is 6.59. The first kappa shape index (κ1) is 14.8. The van der Waals surface area contributed by atoms with Crippen molar-refractivity contribution in [3.8, 4) is 0 Å². The molecule has 0 unspecified atom stereocenters. The average Bonchev–Trinajstić information content (AvgIpc) is 2.18. The van der Waals surface area contributed by atoms with Gasteiger partial charge in [0.2, 0.25) is 10.0 Å². The van der Waals surface area contributed by atoms with Gasteiger partial charge in [-0.25, -0.2) is 8.42 Å². The van der Waals surface area contributed by atoms with Crippen LogP contribution in [0.25, 0.3) is 0 Å². The molecule has 0 aromatic heterocycles. The Bertz CT molecular complexity index is 237. The summed E-state index contributed by atoms with van der Waals surface area (Å²) in [4.78, 5) is 0. The summed E-state index contributed by atoms with van der Waals surface area (Å²) in [5, 5.41) is 20.3. The van der Waals surface area contributed by atoms with Crippen molar-refractivity contribution in [2.75, 3.05) is 45.1 Å². The molecule has 6 nitrogen and oxygen atoms in total. The summed E-state index contributed by atoms with van der Waals surface area (Å²) in [5.74, 6) is -0.0131. The molecule has 92 valence electrons. The van der Waals surface area contributed by atoms with Crippen LogP contribution in [0.1, 0.15) is 6.92 Å². The molecule has 0 aromatic rings. The molecule has 0 aliphatic heterocycles. The molecule has 0 spiro atoms. The van der Waals surface area contributed by atoms with E-state index in [0.717, 1.165) is 10.8 Å². The largest absolute Gasteiger partial charge is 0.395 e. The molecule has 0 radical (unpaired) electrons. The van der Waals surface area contributed by atoms with Crippen LogP contribution in [0.15, 0.2) is 0 Å². The van der Waals surface area contributed by atoms with E-state index < -0.39 is 10.0 Å². The van der Waals surface area contributed by atoms with E-state index in [1.54, 1.807) is 0 Å². The second-order valence-corrected chi connectivity index (χ2v) is 5.10. The summed E-state index contributed by atoms with van der Waals surface area (Å²) in [6.45, 7) is 2.60. The molecule has 0 rings (SSSR count). The zero-order valence-corrected chi connectivity index (χ0v) is 9.83. The maximum Gasteiger partial charge on any atom is 0.215 e. The summed E-state index contributed by atoms with van der Waals surface area (Å²) < 4.78 is 24.4. The molecule has 0 aliphatic rings. The number of rotatable bonds is 9. The molecule has 15 heavy (non-hydrogen) atoms. The molecule has 0 aromatic carbocycles. The minimum Gasteiger partial charge on any atom is -0.395 e. The maximum atomic E-state index is 11.6. The number of aliphatic hydroxyl groups excluding tert-OH is 2. The van der Waals surface area contributed by atoms with E-state index in [4.69, 9.17) is 10.2 Å². The van der Waals surface area contributed by atoms with Crippen LogP contribution < -0.4 is 5.32 Å². The van der Waals surface area contributed by atoms with E-state index in [1.165, 1.54) is 0 Å². The molecular weight excluding hydrogens is 220 g/mol. The van der Waals surface area contributed by atoms with E-state index in [-0.39, 0.29) is 32.1 Å². The van der Waals surface area contributed by atoms with Crippen LogP contribution in [0.3, 0.4) is 0 Å². The second kappa shape index (κ2) is 8.00. The minimum atomic E-state index is -3.37. The number of hydrogen-bond donors (Lipinski definition) is 3. The topological polar surface area (TPSA) is 89.9 Å². The van der Waals surface area contributed by atoms with Crippen molar-refractivity contribution >= 4 is 10.0 Å². The van der Waals surface area contributed by atoms with Gasteiger partial charge in [0.1, 0.15) is 0 Å². The zero-order chi connectivity index (χ0) is 11.7. The Morgan fingerprint density at radius 2 is 1.73 bits per heavy atom. The van der Waals surface area contributed by atoms with Gasteiger partial charge in [0.25, 0.3) is 0 Å². The van der Waals surface area contributed by atoms with Crippen LogP contribution in [-0.2, 0) is 10.0 Å². The Balaban J connectivity index is 4.22. The highest BCUT2D eigenvalue weighted by molar-refractivity contribution is 7.89. The lowest BCUT2D eigenvalue weighted by atomic mass is 10.6. The maximum absolute atomic E-state index is 11.6. The van der Waals surface area contributed by atoms with Crippen molar-refractivity contribution in [2.24, 2.45) is 0 Å². The molecule has 0 heterocycles. The van der Waals surface area contributed by atoms with Crippen LogP contribution in [-0.4, -0.2) is 68.1 Å². The molecule has 0 aliphatic carbocycles. The summed E-state index contributed by atoms with van der Waals surface area (Å²) in [6, 6.07) is 0. The predicted molar refractivity (Wildman–Crippen MR) is 58.1 cm³/mol. The van der Waals surface area contributed by atoms with Crippen LogP contribution in [0, 0.1) is 0 Å². The van der Waals surface area contributed by atoms with Crippen LogP contribution in [0.5, 0.6) is 0 Å². The lowest BCUT2D eigenvalue weighted by Gasteiger charge is -2.20. The standard InChI is InChI=1S/C8H20N2O4S/c1-2-9-3-8-15(13,14)10(4-6-11)5-7-12/h9,11-12H,2-8H2,1H3.